The smallest absolute Gasteiger partial charge is 0.197 e. The van der Waals surface area contributed by atoms with Crippen LogP contribution in [0.25, 0.3) is 0 Å². The van der Waals surface area contributed by atoms with Crippen LogP contribution in [-0.2, 0) is 10.2 Å². The topological polar surface area (TPSA) is 38.8 Å². The molecule has 1 atom stereocenters. The zero-order valence-electron chi connectivity index (χ0n) is 14.1. The Labute approximate surface area is 151 Å². The number of hydrogen-bond acceptors (Lipinski definition) is 3. The Bertz CT molecular complexity index is 758. The van der Waals surface area contributed by atoms with Gasteiger partial charge in [0.15, 0.2) is 5.78 Å². The minimum Gasteiger partial charge on any atom is -0.490 e. The van der Waals surface area contributed by atoms with Crippen molar-refractivity contribution in [1.82, 2.24) is 0 Å². The fourth-order valence-corrected chi connectivity index (χ4v) is 2.99. The van der Waals surface area contributed by atoms with Gasteiger partial charge in [-0.3, -0.25) is 4.79 Å². The van der Waals surface area contributed by atoms with E-state index in [2.05, 4.69) is 42.8 Å². The van der Waals surface area contributed by atoms with Crippen molar-refractivity contribution in [2.75, 3.05) is 13.2 Å². The summed E-state index contributed by atoms with van der Waals surface area (Å²) in [7, 11) is 0. The average molecular weight is 389 g/mol. The molecule has 1 aliphatic rings. The monoisotopic (exact) mass is 388 g/mol. The van der Waals surface area contributed by atoms with Crippen LogP contribution in [0.5, 0.6) is 5.75 Å². The van der Waals surface area contributed by atoms with Gasteiger partial charge in [-0.25, -0.2) is 0 Å². The lowest BCUT2D eigenvalue weighted by Gasteiger charge is -2.20. The molecule has 3 nitrogen and oxygen atoms in total. The summed E-state index contributed by atoms with van der Waals surface area (Å²) in [4.78, 5) is 13.1. The summed E-state index contributed by atoms with van der Waals surface area (Å²) >= 11 is 3.49. The molecule has 0 aromatic heterocycles. The number of ether oxygens (including phenoxy) is 2. The molecule has 24 heavy (non-hydrogen) atoms. The maximum Gasteiger partial charge on any atom is 0.197 e. The lowest BCUT2D eigenvalue weighted by Crippen LogP contribution is -2.13. The zero-order valence-corrected chi connectivity index (χ0v) is 15.7. The van der Waals surface area contributed by atoms with Gasteiger partial charge in [-0.2, -0.15) is 0 Å². The van der Waals surface area contributed by atoms with Gasteiger partial charge in [0.1, 0.15) is 18.5 Å². The highest BCUT2D eigenvalue weighted by atomic mass is 79.9. The van der Waals surface area contributed by atoms with E-state index in [1.807, 2.05) is 36.4 Å². The molecule has 4 heteroatoms. The number of ketones is 1. The normalized spacial score (nSPS) is 16.8. The van der Waals surface area contributed by atoms with Gasteiger partial charge in [0.2, 0.25) is 0 Å². The quantitative estimate of drug-likeness (QED) is 0.547. The molecule has 3 rings (SSSR count). The van der Waals surface area contributed by atoms with Gasteiger partial charge in [0.05, 0.1) is 12.2 Å². The van der Waals surface area contributed by atoms with E-state index in [4.69, 9.17) is 9.47 Å². The molecule has 1 saturated heterocycles. The third-order valence-electron chi connectivity index (χ3n) is 4.02. The van der Waals surface area contributed by atoms with Crippen LogP contribution in [0.3, 0.4) is 0 Å². The number of halogens is 1. The summed E-state index contributed by atoms with van der Waals surface area (Å²) in [5, 5.41) is 0. The van der Waals surface area contributed by atoms with Crippen molar-refractivity contribution < 1.29 is 14.3 Å². The molecule has 126 valence electrons. The Morgan fingerprint density at radius 2 is 1.96 bits per heavy atom. The van der Waals surface area contributed by atoms with Crippen LogP contribution in [0.15, 0.2) is 46.9 Å². The first-order chi connectivity index (χ1) is 11.4. The van der Waals surface area contributed by atoms with Crippen molar-refractivity contribution in [2.45, 2.75) is 32.3 Å². The van der Waals surface area contributed by atoms with Gasteiger partial charge in [0, 0.05) is 10.0 Å². The lowest BCUT2D eigenvalue weighted by atomic mass is 9.85. The molecule has 0 aliphatic carbocycles. The number of carbonyl (C=O) groups is 1. The van der Waals surface area contributed by atoms with Gasteiger partial charge in [-0.1, -0.05) is 45.0 Å². The zero-order chi connectivity index (χ0) is 17.3. The van der Waals surface area contributed by atoms with Gasteiger partial charge < -0.3 is 9.47 Å². The number of epoxide rings is 1. The summed E-state index contributed by atoms with van der Waals surface area (Å²) < 4.78 is 11.7. The fraction of sp³-hybridized carbons (Fsp3) is 0.350. The first-order valence-electron chi connectivity index (χ1n) is 8.04. The SMILES string of the molecule is CC(C)(C)c1cccc(C(=O)c2c(Br)cccc2OCC2CO2)c1. The van der Waals surface area contributed by atoms with E-state index >= 15 is 0 Å². The summed E-state index contributed by atoms with van der Waals surface area (Å²) in [6.07, 6.45) is 0.149. The Kier molecular flexibility index (Phi) is 4.79. The van der Waals surface area contributed by atoms with Gasteiger partial charge in [-0.05, 0) is 45.1 Å². The Morgan fingerprint density at radius 1 is 1.25 bits per heavy atom. The second-order valence-corrected chi connectivity index (χ2v) is 7.89. The van der Waals surface area contributed by atoms with E-state index in [9.17, 15) is 4.79 Å². The van der Waals surface area contributed by atoms with E-state index in [1.165, 1.54) is 0 Å². The molecule has 2 aromatic rings. The Morgan fingerprint density at radius 3 is 2.62 bits per heavy atom. The molecule has 0 N–H and O–H groups in total. The second-order valence-electron chi connectivity index (χ2n) is 7.04. The molecule has 0 saturated carbocycles. The molecule has 0 radical (unpaired) electrons. The molecule has 1 aliphatic heterocycles. The maximum atomic E-state index is 13.1. The highest BCUT2D eigenvalue weighted by Gasteiger charge is 2.25. The van der Waals surface area contributed by atoms with E-state index in [0.717, 1.165) is 16.6 Å². The first kappa shape index (κ1) is 17.2. The minimum atomic E-state index is -0.0414. The van der Waals surface area contributed by atoms with Crippen LogP contribution in [-0.4, -0.2) is 25.1 Å². The van der Waals surface area contributed by atoms with E-state index in [-0.39, 0.29) is 17.3 Å². The summed E-state index contributed by atoms with van der Waals surface area (Å²) in [6, 6.07) is 13.4. The molecule has 2 aromatic carbocycles. The van der Waals surface area contributed by atoms with Crippen molar-refractivity contribution in [3.8, 4) is 5.75 Å². The van der Waals surface area contributed by atoms with Gasteiger partial charge >= 0.3 is 0 Å². The fourth-order valence-electron chi connectivity index (χ4n) is 2.46. The van der Waals surface area contributed by atoms with Crippen molar-refractivity contribution in [3.05, 3.63) is 63.6 Å². The van der Waals surface area contributed by atoms with E-state index in [0.29, 0.717) is 23.5 Å². The summed E-state index contributed by atoms with van der Waals surface area (Å²) in [6.45, 7) is 7.61. The molecule has 0 amide bonds. The Balaban J connectivity index is 1.94. The second kappa shape index (κ2) is 6.69. The third-order valence-corrected chi connectivity index (χ3v) is 4.68. The minimum absolute atomic E-state index is 0.00709. The van der Waals surface area contributed by atoms with Crippen LogP contribution in [0.4, 0.5) is 0 Å². The molecule has 0 spiro atoms. The van der Waals surface area contributed by atoms with Crippen LogP contribution >= 0.6 is 15.9 Å². The van der Waals surface area contributed by atoms with Crippen molar-refractivity contribution in [2.24, 2.45) is 0 Å². The number of carbonyl (C=O) groups excluding carboxylic acids is 1. The van der Waals surface area contributed by atoms with Crippen molar-refractivity contribution in [1.29, 1.82) is 0 Å². The average Bonchev–Trinajstić information content (AvgIpc) is 3.36. The van der Waals surface area contributed by atoms with Crippen LogP contribution in [0.1, 0.15) is 42.3 Å². The predicted molar refractivity (Wildman–Crippen MR) is 98.0 cm³/mol. The molecular formula is C20H21BrO3. The molecule has 1 fully saturated rings. The lowest BCUT2D eigenvalue weighted by molar-refractivity contribution is 0.103. The van der Waals surface area contributed by atoms with Crippen LogP contribution in [0.2, 0.25) is 0 Å². The highest BCUT2D eigenvalue weighted by molar-refractivity contribution is 9.10. The number of benzene rings is 2. The standard InChI is InChI=1S/C20H21BrO3/c1-20(2,3)14-7-4-6-13(10-14)19(22)18-16(21)8-5-9-17(18)24-12-15-11-23-15/h4-10,15H,11-12H2,1-3H3. The molecule has 1 heterocycles. The van der Waals surface area contributed by atoms with Gasteiger partial charge in [-0.15, -0.1) is 0 Å². The first-order valence-corrected chi connectivity index (χ1v) is 8.84. The number of hydrogen-bond donors (Lipinski definition) is 0. The third kappa shape index (κ3) is 3.87. The summed E-state index contributed by atoms with van der Waals surface area (Å²) in [5.74, 6) is 0.548. The van der Waals surface area contributed by atoms with E-state index in [1.54, 1.807) is 0 Å². The van der Waals surface area contributed by atoms with Crippen molar-refractivity contribution >= 4 is 21.7 Å². The van der Waals surface area contributed by atoms with Crippen LogP contribution in [0, 0.1) is 0 Å². The molecule has 0 bridgehead atoms. The predicted octanol–water partition coefficient (Wildman–Crippen LogP) is 4.76. The molecular weight excluding hydrogens is 368 g/mol. The Hall–Kier alpha value is -1.65. The highest BCUT2D eigenvalue weighted by Crippen LogP contribution is 2.31. The van der Waals surface area contributed by atoms with Gasteiger partial charge in [0.25, 0.3) is 0 Å². The summed E-state index contributed by atoms with van der Waals surface area (Å²) in [5.41, 5.74) is 2.35. The molecule has 1 unspecified atom stereocenters. The van der Waals surface area contributed by atoms with Crippen molar-refractivity contribution in [3.63, 3.8) is 0 Å². The number of rotatable bonds is 5. The van der Waals surface area contributed by atoms with Crippen LogP contribution < -0.4 is 4.74 Å². The van der Waals surface area contributed by atoms with E-state index < -0.39 is 0 Å². The largest absolute Gasteiger partial charge is 0.490 e. The maximum absolute atomic E-state index is 13.1.